The Bertz CT molecular complexity index is 557. The summed E-state index contributed by atoms with van der Waals surface area (Å²) in [6.07, 6.45) is 4.44. The van der Waals surface area contributed by atoms with Crippen LogP contribution in [0.15, 0.2) is 41.6 Å². The van der Waals surface area contributed by atoms with Crippen LogP contribution < -0.4 is 5.32 Å². The number of carbonyl (C=O) groups is 1. The zero-order valence-corrected chi connectivity index (χ0v) is 11.9. The lowest BCUT2D eigenvalue weighted by Gasteiger charge is -2.07. The fourth-order valence-corrected chi connectivity index (χ4v) is 2.07. The Balaban J connectivity index is 1.82. The van der Waals surface area contributed by atoms with Gasteiger partial charge in [-0.15, -0.1) is 12.6 Å². The predicted octanol–water partition coefficient (Wildman–Crippen LogP) is 2.65. The first-order valence-corrected chi connectivity index (χ1v) is 6.73. The van der Waals surface area contributed by atoms with E-state index in [1.54, 1.807) is 24.4 Å². The van der Waals surface area contributed by atoms with Crippen molar-refractivity contribution < 1.29 is 4.79 Å². The number of amides is 1. The Morgan fingerprint density at radius 1 is 1.47 bits per heavy atom. The van der Waals surface area contributed by atoms with Gasteiger partial charge in [-0.1, -0.05) is 11.6 Å². The molecule has 0 aliphatic carbocycles. The minimum Gasteiger partial charge on any atom is -0.352 e. The van der Waals surface area contributed by atoms with E-state index in [0.29, 0.717) is 22.0 Å². The monoisotopic (exact) mass is 295 g/mol. The second kappa shape index (κ2) is 6.63. The van der Waals surface area contributed by atoms with Crippen LogP contribution in [-0.2, 0) is 6.54 Å². The van der Waals surface area contributed by atoms with Crippen LogP contribution in [0.2, 0.25) is 5.02 Å². The fourth-order valence-electron chi connectivity index (χ4n) is 1.66. The standard InChI is InChI=1S/C13H14ClN3OS/c14-12-4-3-10(19)9-11(12)13(18)15-5-1-7-17-8-2-6-16-17/h2-4,6,8-9,19H,1,5,7H2,(H,15,18). The van der Waals surface area contributed by atoms with Gasteiger partial charge in [0.1, 0.15) is 0 Å². The van der Waals surface area contributed by atoms with Crippen LogP contribution in [0.4, 0.5) is 0 Å². The molecular formula is C13H14ClN3OS. The lowest BCUT2D eigenvalue weighted by atomic mass is 10.2. The van der Waals surface area contributed by atoms with Crippen molar-refractivity contribution in [2.75, 3.05) is 6.54 Å². The minimum absolute atomic E-state index is 0.179. The molecule has 2 aromatic rings. The lowest BCUT2D eigenvalue weighted by molar-refractivity contribution is 0.0952. The third-order valence-electron chi connectivity index (χ3n) is 2.60. The topological polar surface area (TPSA) is 46.9 Å². The molecule has 0 fully saturated rings. The van der Waals surface area contributed by atoms with Gasteiger partial charge in [-0.2, -0.15) is 5.10 Å². The largest absolute Gasteiger partial charge is 0.352 e. The molecule has 1 aromatic heterocycles. The number of hydrogen-bond donors (Lipinski definition) is 2. The van der Waals surface area contributed by atoms with Gasteiger partial charge in [-0.05, 0) is 30.7 Å². The van der Waals surface area contributed by atoms with E-state index in [4.69, 9.17) is 11.6 Å². The lowest BCUT2D eigenvalue weighted by Crippen LogP contribution is -2.25. The summed E-state index contributed by atoms with van der Waals surface area (Å²) in [5, 5.41) is 7.35. The Labute approximate surface area is 122 Å². The van der Waals surface area contributed by atoms with Gasteiger partial charge in [0.15, 0.2) is 0 Å². The van der Waals surface area contributed by atoms with Gasteiger partial charge in [0.2, 0.25) is 0 Å². The van der Waals surface area contributed by atoms with Gasteiger partial charge < -0.3 is 5.32 Å². The molecule has 0 atom stereocenters. The summed E-state index contributed by atoms with van der Waals surface area (Å²) in [6.45, 7) is 1.35. The van der Waals surface area contributed by atoms with Gasteiger partial charge >= 0.3 is 0 Å². The Hall–Kier alpha value is -1.46. The molecule has 0 aliphatic rings. The number of aromatic nitrogens is 2. The second-order valence-electron chi connectivity index (χ2n) is 4.04. The summed E-state index contributed by atoms with van der Waals surface area (Å²) in [6, 6.07) is 6.95. The van der Waals surface area contributed by atoms with Crippen molar-refractivity contribution in [1.82, 2.24) is 15.1 Å². The van der Waals surface area contributed by atoms with Crippen LogP contribution in [0.1, 0.15) is 16.8 Å². The van der Waals surface area contributed by atoms with Crippen molar-refractivity contribution in [2.45, 2.75) is 17.9 Å². The summed E-state index contributed by atoms with van der Waals surface area (Å²) in [7, 11) is 0. The van der Waals surface area contributed by atoms with Crippen LogP contribution in [0.25, 0.3) is 0 Å². The molecule has 1 aromatic carbocycles. The normalized spacial score (nSPS) is 10.4. The van der Waals surface area contributed by atoms with Crippen molar-refractivity contribution in [3.05, 3.63) is 47.2 Å². The number of hydrogen-bond acceptors (Lipinski definition) is 3. The van der Waals surface area contributed by atoms with Gasteiger partial charge in [0.05, 0.1) is 10.6 Å². The molecule has 0 radical (unpaired) electrons. The van der Waals surface area contributed by atoms with Crippen LogP contribution >= 0.6 is 24.2 Å². The Morgan fingerprint density at radius 2 is 2.32 bits per heavy atom. The van der Waals surface area contributed by atoms with Gasteiger partial charge in [0, 0.05) is 30.4 Å². The van der Waals surface area contributed by atoms with E-state index < -0.39 is 0 Å². The van der Waals surface area contributed by atoms with Crippen LogP contribution in [0.5, 0.6) is 0 Å². The highest BCUT2D eigenvalue weighted by Gasteiger charge is 2.09. The number of aryl methyl sites for hydroxylation is 1. The number of nitrogens with one attached hydrogen (secondary N) is 1. The number of carbonyl (C=O) groups excluding carboxylic acids is 1. The SMILES string of the molecule is O=C(NCCCn1cccn1)c1cc(S)ccc1Cl. The second-order valence-corrected chi connectivity index (χ2v) is 4.97. The van der Waals surface area contributed by atoms with Crippen molar-refractivity contribution in [3.8, 4) is 0 Å². The highest BCUT2D eigenvalue weighted by Crippen LogP contribution is 2.19. The van der Waals surface area contributed by atoms with E-state index >= 15 is 0 Å². The number of nitrogens with zero attached hydrogens (tertiary/aromatic N) is 2. The Morgan fingerprint density at radius 3 is 3.05 bits per heavy atom. The average Bonchev–Trinajstić information content (AvgIpc) is 2.90. The van der Waals surface area contributed by atoms with Crippen molar-refractivity contribution in [2.24, 2.45) is 0 Å². The first kappa shape index (κ1) is 14.0. The first-order valence-electron chi connectivity index (χ1n) is 5.91. The highest BCUT2D eigenvalue weighted by atomic mass is 35.5. The smallest absolute Gasteiger partial charge is 0.252 e. The number of benzene rings is 1. The summed E-state index contributed by atoms with van der Waals surface area (Å²) in [5.74, 6) is -0.179. The fraction of sp³-hybridized carbons (Fsp3) is 0.231. The molecule has 1 amide bonds. The summed E-state index contributed by atoms with van der Waals surface area (Å²) < 4.78 is 1.83. The van der Waals surface area contributed by atoms with Crippen molar-refractivity contribution in [1.29, 1.82) is 0 Å². The zero-order chi connectivity index (χ0) is 13.7. The van der Waals surface area contributed by atoms with Gasteiger partial charge in [-0.3, -0.25) is 9.48 Å². The minimum atomic E-state index is -0.179. The molecule has 0 bridgehead atoms. The first-order chi connectivity index (χ1) is 9.16. The van der Waals surface area contributed by atoms with Crippen molar-refractivity contribution in [3.63, 3.8) is 0 Å². The molecular weight excluding hydrogens is 282 g/mol. The van der Waals surface area contributed by atoms with E-state index in [1.807, 2.05) is 16.9 Å². The van der Waals surface area contributed by atoms with Gasteiger partial charge in [-0.25, -0.2) is 0 Å². The van der Waals surface area contributed by atoms with E-state index in [2.05, 4.69) is 23.0 Å². The molecule has 0 spiro atoms. The molecule has 2 rings (SSSR count). The van der Waals surface area contributed by atoms with E-state index in [1.165, 1.54) is 0 Å². The maximum atomic E-state index is 11.9. The summed E-state index contributed by atoms with van der Waals surface area (Å²) in [4.78, 5) is 12.6. The highest BCUT2D eigenvalue weighted by molar-refractivity contribution is 7.80. The number of thiol groups is 1. The third kappa shape index (κ3) is 4.01. The van der Waals surface area contributed by atoms with E-state index in [-0.39, 0.29) is 5.91 Å². The molecule has 19 heavy (non-hydrogen) atoms. The molecule has 0 saturated carbocycles. The van der Waals surface area contributed by atoms with E-state index in [0.717, 1.165) is 13.0 Å². The van der Waals surface area contributed by atoms with Crippen LogP contribution in [-0.4, -0.2) is 22.2 Å². The summed E-state index contributed by atoms with van der Waals surface area (Å²) in [5.41, 5.74) is 0.452. The van der Waals surface area contributed by atoms with Gasteiger partial charge in [0.25, 0.3) is 5.91 Å². The molecule has 1 N–H and O–H groups in total. The quantitative estimate of drug-likeness (QED) is 0.658. The predicted molar refractivity (Wildman–Crippen MR) is 77.9 cm³/mol. The molecule has 100 valence electrons. The number of rotatable bonds is 5. The van der Waals surface area contributed by atoms with Crippen LogP contribution in [0, 0.1) is 0 Å². The third-order valence-corrected chi connectivity index (χ3v) is 3.21. The molecule has 4 nitrogen and oxygen atoms in total. The van der Waals surface area contributed by atoms with Crippen molar-refractivity contribution >= 4 is 30.1 Å². The maximum absolute atomic E-state index is 11.9. The molecule has 0 aliphatic heterocycles. The zero-order valence-electron chi connectivity index (χ0n) is 10.2. The maximum Gasteiger partial charge on any atom is 0.252 e. The molecule has 1 heterocycles. The van der Waals surface area contributed by atoms with Crippen LogP contribution in [0.3, 0.4) is 0 Å². The average molecular weight is 296 g/mol. The molecule has 0 saturated heterocycles. The Kier molecular flexibility index (Phi) is 4.87. The summed E-state index contributed by atoms with van der Waals surface area (Å²) >= 11 is 10.2. The molecule has 6 heteroatoms. The van der Waals surface area contributed by atoms with E-state index in [9.17, 15) is 4.79 Å². The number of halogens is 1. The molecule has 0 unspecified atom stereocenters.